The molecular formula is C12H14F3NO3. The number of aliphatic hydroxyl groups excluding tert-OH is 1. The number of nitrogen functional groups attached to an aromatic ring is 1. The number of carboxylic acid groups (broad SMARTS) is 1. The zero-order chi connectivity index (χ0) is 15.0. The highest BCUT2D eigenvalue weighted by atomic mass is 19.4. The number of aliphatic hydroxyl groups is 1. The van der Waals surface area contributed by atoms with Gasteiger partial charge in [0.15, 0.2) is 6.10 Å². The van der Waals surface area contributed by atoms with E-state index >= 15 is 0 Å². The van der Waals surface area contributed by atoms with Crippen LogP contribution < -0.4 is 5.73 Å². The van der Waals surface area contributed by atoms with E-state index in [1.165, 1.54) is 19.9 Å². The van der Waals surface area contributed by atoms with Crippen LogP contribution in [0.2, 0.25) is 0 Å². The molecule has 1 aromatic rings. The third kappa shape index (κ3) is 3.17. The number of carbonyl (C=O) groups is 1. The summed E-state index contributed by atoms with van der Waals surface area (Å²) in [5.74, 6) is -2.46. The minimum absolute atomic E-state index is 0.0777. The second kappa shape index (κ2) is 5.08. The van der Waals surface area contributed by atoms with Crippen LogP contribution in [0.1, 0.15) is 29.5 Å². The van der Waals surface area contributed by atoms with Gasteiger partial charge >= 0.3 is 12.1 Å². The van der Waals surface area contributed by atoms with Gasteiger partial charge < -0.3 is 15.9 Å². The minimum atomic E-state index is -4.63. The number of benzene rings is 1. The van der Waals surface area contributed by atoms with Crippen LogP contribution in [0.25, 0.3) is 0 Å². The first kappa shape index (κ1) is 15.3. The number of nitrogens with two attached hydrogens (primary N) is 1. The molecule has 2 atom stereocenters. The number of aryl methyl sites for hydroxylation is 1. The van der Waals surface area contributed by atoms with Crippen LogP contribution >= 0.6 is 0 Å². The highest BCUT2D eigenvalue weighted by Crippen LogP contribution is 2.37. The number of halogens is 3. The van der Waals surface area contributed by atoms with Crippen molar-refractivity contribution in [3.63, 3.8) is 0 Å². The molecule has 1 rings (SSSR count). The average molecular weight is 277 g/mol. The van der Waals surface area contributed by atoms with Gasteiger partial charge in [-0.3, -0.25) is 0 Å². The monoisotopic (exact) mass is 277 g/mol. The fourth-order valence-electron chi connectivity index (χ4n) is 1.72. The minimum Gasteiger partial charge on any atom is -0.479 e. The highest BCUT2D eigenvalue weighted by Gasteiger charge is 2.35. The Kier molecular flexibility index (Phi) is 4.09. The number of hydrogen-bond donors (Lipinski definition) is 3. The van der Waals surface area contributed by atoms with Crippen molar-refractivity contribution < 1.29 is 28.2 Å². The van der Waals surface area contributed by atoms with Gasteiger partial charge in [-0.05, 0) is 24.1 Å². The quantitative estimate of drug-likeness (QED) is 0.739. The number of alkyl halides is 3. The molecule has 0 fully saturated rings. The molecule has 4 N–H and O–H groups in total. The molecule has 1 aromatic carbocycles. The van der Waals surface area contributed by atoms with Gasteiger partial charge in [0.1, 0.15) is 0 Å². The summed E-state index contributed by atoms with van der Waals surface area (Å²) >= 11 is 0. The average Bonchev–Trinajstić information content (AvgIpc) is 2.28. The second-order valence-electron chi connectivity index (χ2n) is 4.37. The Balaban J connectivity index is 3.32. The normalized spacial score (nSPS) is 15.1. The lowest BCUT2D eigenvalue weighted by atomic mass is 9.91. The molecule has 0 saturated heterocycles. The molecule has 7 heteroatoms. The molecule has 0 aliphatic rings. The summed E-state index contributed by atoms with van der Waals surface area (Å²) in [6, 6.07) is 2.13. The van der Waals surface area contributed by atoms with Crippen molar-refractivity contribution in [2.24, 2.45) is 0 Å². The van der Waals surface area contributed by atoms with E-state index in [-0.39, 0.29) is 11.1 Å². The fraction of sp³-hybridized carbons (Fsp3) is 0.417. The van der Waals surface area contributed by atoms with E-state index in [1.807, 2.05) is 0 Å². The Labute approximate surface area is 107 Å². The summed E-state index contributed by atoms with van der Waals surface area (Å²) in [7, 11) is 0. The number of hydrogen-bond acceptors (Lipinski definition) is 3. The molecule has 0 spiro atoms. The molecule has 19 heavy (non-hydrogen) atoms. The lowest BCUT2D eigenvalue weighted by molar-refractivity contribution is -0.147. The first-order valence-corrected chi connectivity index (χ1v) is 5.43. The van der Waals surface area contributed by atoms with E-state index < -0.39 is 35.4 Å². The molecule has 0 heterocycles. The third-order valence-electron chi connectivity index (χ3n) is 2.97. The van der Waals surface area contributed by atoms with E-state index in [0.29, 0.717) is 0 Å². The van der Waals surface area contributed by atoms with Gasteiger partial charge in [-0.2, -0.15) is 13.2 Å². The van der Waals surface area contributed by atoms with E-state index in [0.717, 1.165) is 6.07 Å². The summed E-state index contributed by atoms with van der Waals surface area (Å²) in [5.41, 5.74) is 4.23. The molecule has 0 aromatic heterocycles. The van der Waals surface area contributed by atoms with Gasteiger partial charge in [0.05, 0.1) is 5.56 Å². The summed E-state index contributed by atoms with van der Waals surface area (Å²) in [4.78, 5) is 10.7. The van der Waals surface area contributed by atoms with Gasteiger partial charge in [-0.25, -0.2) is 4.79 Å². The van der Waals surface area contributed by atoms with Crippen LogP contribution in [0.5, 0.6) is 0 Å². The third-order valence-corrected chi connectivity index (χ3v) is 2.97. The Morgan fingerprint density at radius 1 is 1.37 bits per heavy atom. The fourth-order valence-corrected chi connectivity index (χ4v) is 1.72. The van der Waals surface area contributed by atoms with Crippen molar-refractivity contribution in [2.75, 3.05) is 5.73 Å². The van der Waals surface area contributed by atoms with Gasteiger partial charge in [0.2, 0.25) is 0 Å². The van der Waals surface area contributed by atoms with Crippen molar-refractivity contribution in [3.05, 3.63) is 28.8 Å². The van der Waals surface area contributed by atoms with Gasteiger partial charge in [-0.15, -0.1) is 0 Å². The van der Waals surface area contributed by atoms with Crippen molar-refractivity contribution in [1.82, 2.24) is 0 Å². The summed E-state index contributed by atoms with van der Waals surface area (Å²) in [5, 5.41) is 18.1. The predicted molar refractivity (Wildman–Crippen MR) is 62.7 cm³/mol. The molecule has 0 aliphatic carbocycles. The lowest BCUT2D eigenvalue weighted by Crippen LogP contribution is -2.26. The van der Waals surface area contributed by atoms with Crippen LogP contribution in [0, 0.1) is 6.92 Å². The van der Waals surface area contributed by atoms with Crippen molar-refractivity contribution >= 4 is 11.7 Å². The zero-order valence-electron chi connectivity index (χ0n) is 10.3. The van der Waals surface area contributed by atoms with Gasteiger partial charge in [0, 0.05) is 11.6 Å². The summed E-state index contributed by atoms with van der Waals surface area (Å²) in [6.45, 7) is 2.73. The molecule has 106 valence electrons. The van der Waals surface area contributed by atoms with E-state index in [9.17, 15) is 23.1 Å². The van der Waals surface area contributed by atoms with E-state index in [1.54, 1.807) is 0 Å². The maximum absolute atomic E-state index is 12.8. The number of aliphatic carboxylic acids is 1. The highest BCUT2D eigenvalue weighted by molar-refractivity contribution is 5.73. The zero-order valence-corrected chi connectivity index (χ0v) is 10.3. The summed E-state index contributed by atoms with van der Waals surface area (Å²) < 4.78 is 38.3. The van der Waals surface area contributed by atoms with Crippen LogP contribution in [0.15, 0.2) is 12.1 Å². The first-order chi connectivity index (χ1) is 8.55. The number of rotatable bonds is 3. The van der Waals surface area contributed by atoms with Gasteiger partial charge in [0.25, 0.3) is 0 Å². The van der Waals surface area contributed by atoms with Crippen LogP contribution in [-0.4, -0.2) is 22.3 Å². The Hall–Kier alpha value is -1.76. The Bertz CT molecular complexity index is 500. The molecular weight excluding hydrogens is 263 g/mol. The molecule has 0 radical (unpaired) electrons. The first-order valence-electron chi connectivity index (χ1n) is 5.43. The largest absolute Gasteiger partial charge is 0.479 e. The number of anilines is 1. The molecule has 2 unspecified atom stereocenters. The van der Waals surface area contributed by atoms with Crippen LogP contribution in [0.4, 0.5) is 18.9 Å². The van der Waals surface area contributed by atoms with Crippen molar-refractivity contribution in [3.8, 4) is 0 Å². The Morgan fingerprint density at radius 2 is 1.89 bits per heavy atom. The lowest BCUT2D eigenvalue weighted by Gasteiger charge is -2.19. The standard InChI is InChI=1S/C12H14F3NO3/c1-5-3-7(6(2)10(17)11(18)19)4-8(9(5)16)12(13,14)15/h3-4,6,10,17H,16H2,1-2H3,(H,18,19). The molecule has 0 saturated carbocycles. The molecule has 0 aliphatic heterocycles. The Morgan fingerprint density at radius 3 is 2.32 bits per heavy atom. The smallest absolute Gasteiger partial charge is 0.418 e. The molecule has 0 amide bonds. The summed E-state index contributed by atoms with van der Waals surface area (Å²) in [6.07, 6.45) is -6.40. The number of carboxylic acids is 1. The van der Waals surface area contributed by atoms with E-state index in [2.05, 4.69) is 0 Å². The topological polar surface area (TPSA) is 83.5 Å². The van der Waals surface area contributed by atoms with Crippen molar-refractivity contribution in [2.45, 2.75) is 32.0 Å². The maximum Gasteiger partial charge on any atom is 0.418 e. The predicted octanol–water partition coefficient (Wildman–Crippen LogP) is 2.15. The maximum atomic E-state index is 12.8. The molecule has 4 nitrogen and oxygen atoms in total. The van der Waals surface area contributed by atoms with Crippen LogP contribution in [0.3, 0.4) is 0 Å². The van der Waals surface area contributed by atoms with Crippen LogP contribution in [-0.2, 0) is 11.0 Å². The molecule has 0 bridgehead atoms. The second-order valence-corrected chi connectivity index (χ2v) is 4.37. The van der Waals surface area contributed by atoms with Crippen molar-refractivity contribution in [1.29, 1.82) is 0 Å². The SMILES string of the molecule is Cc1cc(C(C)C(O)C(=O)O)cc(C(F)(F)F)c1N. The van der Waals surface area contributed by atoms with E-state index in [4.69, 9.17) is 10.8 Å². The van der Waals surface area contributed by atoms with Gasteiger partial charge in [-0.1, -0.05) is 13.0 Å².